The first-order valence-corrected chi connectivity index (χ1v) is 10.4. The Bertz CT molecular complexity index is 647. The second kappa shape index (κ2) is 7.52. The van der Waals surface area contributed by atoms with Crippen LogP contribution in [0.4, 0.5) is 0 Å². The van der Waals surface area contributed by atoms with E-state index in [1.807, 2.05) is 0 Å². The van der Waals surface area contributed by atoms with Crippen molar-refractivity contribution in [2.24, 2.45) is 5.92 Å². The molecule has 2 bridgehead atoms. The quantitative estimate of drug-likeness (QED) is 0.847. The lowest BCUT2D eigenvalue weighted by Crippen LogP contribution is -2.42. The zero-order valence-corrected chi connectivity index (χ0v) is 16.3. The van der Waals surface area contributed by atoms with E-state index in [1.165, 1.54) is 62.5 Å². The van der Waals surface area contributed by atoms with Crippen molar-refractivity contribution in [3.05, 3.63) is 35.4 Å². The number of nitrogens with one attached hydrogen (secondary N) is 1. The third-order valence-electron chi connectivity index (χ3n) is 6.94. The fourth-order valence-electron chi connectivity index (χ4n) is 5.70. The van der Waals surface area contributed by atoms with Crippen molar-refractivity contribution in [1.82, 2.24) is 10.2 Å². The topological polar surface area (TPSA) is 32.3 Å². The third kappa shape index (κ3) is 3.53. The van der Waals surface area contributed by atoms with E-state index < -0.39 is 0 Å². The van der Waals surface area contributed by atoms with Crippen LogP contribution in [0.25, 0.3) is 0 Å². The maximum Gasteiger partial charge on any atom is 0.223 e. The fourth-order valence-corrected chi connectivity index (χ4v) is 5.70. The van der Waals surface area contributed by atoms with Gasteiger partial charge in [0, 0.05) is 24.5 Å². The summed E-state index contributed by atoms with van der Waals surface area (Å²) < 4.78 is 0. The zero-order valence-electron chi connectivity index (χ0n) is 15.5. The SMILES string of the molecule is Cl.O=C(CC1CC2CCC(C1)N2)N(C1CC1)C1CCCc2ccccc21. The summed E-state index contributed by atoms with van der Waals surface area (Å²) in [4.78, 5) is 15.7. The van der Waals surface area contributed by atoms with Gasteiger partial charge in [0.25, 0.3) is 0 Å². The molecule has 1 aromatic carbocycles. The van der Waals surface area contributed by atoms with Gasteiger partial charge in [-0.05, 0) is 74.8 Å². The van der Waals surface area contributed by atoms with Crippen molar-refractivity contribution >= 4 is 18.3 Å². The third-order valence-corrected chi connectivity index (χ3v) is 6.94. The number of rotatable bonds is 4. The maximum absolute atomic E-state index is 13.3. The lowest BCUT2D eigenvalue weighted by molar-refractivity contribution is -0.136. The largest absolute Gasteiger partial charge is 0.333 e. The fraction of sp³-hybridized carbons (Fsp3) is 0.682. The normalized spacial score (nSPS) is 32.5. The van der Waals surface area contributed by atoms with Crippen molar-refractivity contribution < 1.29 is 4.79 Å². The van der Waals surface area contributed by atoms with Gasteiger partial charge in [-0.1, -0.05) is 24.3 Å². The molecule has 2 aliphatic heterocycles. The van der Waals surface area contributed by atoms with Crippen molar-refractivity contribution in [2.45, 2.75) is 88.4 Å². The predicted octanol–water partition coefficient (Wildman–Crippen LogP) is 4.40. The van der Waals surface area contributed by atoms with Crippen LogP contribution >= 0.6 is 12.4 Å². The lowest BCUT2D eigenvalue weighted by Gasteiger charge is -2.38. The molecule has 1 amide bonds. The van der Waals surface area contributed by atoms with Crippen LogP contribution in [0.1, 0.15) is 75.0 Å². The van der Waals surface area contributed by atoms with E-state index in [0.717, 1.165) is 12.8 Å². The minimum absolute atomic E-state index is 0. The van der Waals surface area contributed by atoms with Gasteiger partial charge in [-0.25, -0.2) is 0 Å². The molecule has 142 valence electrons. The summed E-state index contributed by atoms with van der Waals surface area (Å²) in [6, 6.07) is 11.0. The molecule has 0 aromatic heterocycles. The van der Waals surface area contributed by atoms with Crippen LogP contribution in [0.15, 0.2) is 24.3 Å². The van der Waals surface area contributed by atoms with E-state index in [1.54, 1.807) is 0 Å². The van der Waals surface area contributed by atoms with Crippen LogP contribution in [0.5, 0.6) is 0 Å². The van der Waals surface area contributed by atoms with Crippen LogP contribution in [-0.2, 0) is 11.2 Å². The second-order valence-electron chi connectivity index (χ2n) is 8.82. The highest BCUT2D eigenvalue weighted by molar-refractivity contribution is 5.85. The molecule has 1 N–H and O–H groups in total. The summed E-state index contributed by atoms with van der Waals surface area (Å²) in [5.41, 5.74) is 2.90. The molecule has 0 spiro atoms. The second-order valence-corrected chi connectivity index (χ2v) is 8.82. The number of fused-ring (bicyclic) bond motifs is 3. The van der Waals surface area contributed by atoms with Crippen LogP contribution in [-0.4, -0.2) is 28.9 Å². The summed E-state index contributed by atoms with van der Waals surface area (Å²) in [5.74, 6) is 1.04. The van der Waals surface area contributed by atoms with Gasteiger partial charge in [-0.3, -0.25) is 4.79 Å². The van der Waals surface area contributed by atoms with Crippen LogP contribution < -0.4 is 5.32 Å². The van der Waals surface area contributed by atoms with E-state index in [2.05, 4.69) is 34.5 Å². The Kier molecular flexibility index (Phi) is 5.29. The van der Waals surface area contributed by atoms with Crippen LogP contribution in [0.3, 0.4) is 0 Å². The lowest BCUT2D eigenvalue weighted by atomic mass is 9.85. The highest BCUT2D eigenvalue weighted by Gasteiger charge is 2.41. The number of halogens is 1. The van der Waals surface area contributed by atoms with E-state index in [4.69, 9.17) is 0 Å². The first kappa shape index (κ1) is 18.3. The number of hydrogen-bond donors (Lipinski definition) is 1. The number of carbonyl (C=O) groups is 1. The molecule has 5 rings (SSSR count). The van der Waals surface area contributed by atoms with Crippen molar-refractivity contribution in [3.8, 4) is 0 Å². The van der Waals surface area contributed by atoms with Crippen molar-refractivity contribution in [3.63, 3.8) is 0 Å². The smallest absolute Gasteiger partial charge is 0.223 e. The standard InChI is InChI=1S/C22H30N2O.ClH/c25-22(14-15-12-17-8-9-18(13-15)23-17)24(19-10-11-19)21-7-3-5-16-4-1-2-6-20(16)21;/h1-2,4,6,15,17-19,21,23H,3,5,7-14H2;1H. The highest BCUT2D eigenvalue weighted by atomic mass is 35.5. The molecule has 3 atom stereocenters. The Hall–Kier alpha value is -1.06. The monoisotopic (exact) mass is 374 g/mol. The molecule has 4 heteroatoms. The maximum atomic E-state index is 13.3. The van der Waals surface area contributed by atoms with Gasteiger partial charge in [0.2, 0.25) is 5.91 Å². The van der Waals surface area contributed by atoms with Gasteiger partial charge >= 0.3 is 0 Å². The van der Waals surface area contributed by atoms with Crippen LogP contribution in [0.2, 0.25) is 0 Å². The summed E-state index contributed by atoms with van der Waals surface area (Å²) in [7, 11) is 0. The van der Waals surface area contributed by atoms with Gasteiger partial charge in [-0.15, -0.1) is 12.4 Å². The van der Waals surface area contributed by atoms with Gasteiger partial charge in [-0.2, -0.15) is 0 Å². The van der Waals surface area contributed by atoms with Gasteiger partial charge < -0.3 is 10.2 Å². The molecule has 2 saturated heterocycles. The average molecular weight is 375 g/mol. The Labute approximate surface area is 163 Å². The molecule has 3 unspecified atom stereocenters. The molecule has 2 heterocycles. The number of amides is 1. The van der Waals surface area contributed by atoms with Crippen molar-refractivity contribution in [2.75, 3.05) is 0 Å². The number of aryl methyl sites for hydroxylation is 1. The van der Waals surface area contributed by atoms with Gasteiger partial charge in [0.1, 0.15) is 0 Å². The summed E-state index contributed by atoms with van der Waals surface area (Å²) >= 11 is 0. The molecule has 1 saturated carbocycles. The zero-order chi connectivity index (χ0) is 16.8. The Morgan fingerprint density at radius 2 is 1.77 bits per heavy atom. The Morgan fingerprint density at radius 3 is 2.50 bits per heavy atom. The minimum Gasteiger partial charge on any atom is -0.333 e. The molecule has 0 radical (unpaired) electrons. The molecule has 4 aliphatic rings. The number of piperidine rings is 1. The molecule has 3 nitrogen and oxygen atoms in total. The minimum atomic E-state index is 0. The average Bonchev–Trinajstić information content (AvgIpc) is 3.39. The Balaban J connectivity index is 0.00000168. The first-order chi connectivity index (χ1) is 12.3. The summed E-state index contributed by atoms with van der Waals surface area (Å²) in [6.07, 6.45) is 11.8. The van der Waals surface area contributed by atoms with Crippen molar-refractivity contribution in [1.29, 1.82) is 0 Å². The summed E-state index contributed by atoms with van der Waals surface area (Å²) in [5, 5.41) is 3.71. The Morgan fingerprint density at radius 1 is 1.04 bits per heavy atom. The summed E-state index contributed by atoms with van der Waals surface area (Å²) in [6.45, 7) is 0. The number of nitrogens with zero attached hydrogens (tertiary/aromatic N) is 1. The van der Waals surface area contributed by atoms with Gasteiger partial charge in [0.05, 0.1) is 6.04 Å². The highest BCUT2D eigenvalue weighted by Crippen LogP contribution is 2.42. The molecule has 3 fully saturated rings. The first-order valence-electron chi connectivity index (χ1n) is 10.4. The molecule has 26 heavy (non-hydrogen) atoms. The number of benzene rings is 1. The molecular formula is C22H31ClN2O. The molecule has 2 aliphatic carbocycles. The van der Waals surface area contributed by atoms with Gasteiger partial charge in [0.15, 0.2) is 0 Å². The molecular weight excluding hydrogens is 344 g/mol. The van der Waals surface area contributed by atoms with E-state index in [0.29, 0.717) is 36.0 Å². The van der Waals surface area contributed by atoms with E-state index in [9.17, 15) is 4.79 Å². The predicted molar refractivity (Wildman–Crippen MR) is 107 cm³/mol. The molecule has 1 aromatic rings. The van der Waals surface area contributed by atoms with E-state index >= 15 is 0 Å². The number of carbonyl (C=O) groups excluding carboxylic acids is 1. The van der Waals surface area contributed by atoms with Crippen LogP contribution in [0, 0.1) is 5.92 Å². The van der Waals surface area contributed by atoms with E-state index in [-0.39, 0.29) is 12.4 Å². The number of hydrogen-bond acceptors (Lipinski definition) is 2.